The number of hydrogen-bond acceptors (Lipinski definition) is 5. The Balaban J connectivity index is 1.63. The van der Waals surface area contributed by atoms with Crippen LogP contribution in [0.4, 0.5) is 4.39 Å². The summed E-state index contributed by atoms with van der Waals surface area (Å²) in [6, 6.07) is 3.71. The van der Waals surface area contributed by atoms with Crippen LogP contribution in [0.15, 0.2) is 23.1 Å². The molecule has 1 unspecified atom stereocenters. The van der Waals surface area contributed by atoms with E-state index >= 15 is 0 Å². The van der Waals surface area contributed by atoms with Gasteiger partial charge in [0.2, 0.25) is 10.0 Å². The molecule has 2 aliphatic rings. The maximum absolute atomic E-state index is 13.8. The Labute approximate surface area is 148 Å². The highest BCUT2D eigenvalue weighted by molar-refractivity contribution is 7.89. The smallest absolute Gasteiger partial charge is 0.243 e. The average Bonchev–Trinajstić information content (AvgIpc) is 2.53. The van der Waals surface area contributed by atoms with Crippen LogP contribution in [-0.2, 0) is 14.8 Å². The molecule has 0 saturated carbocycles. The number of hydrogen-bond donors (Lipinski definition) is 0. The lowest BCUT2D eigenvalue weighted by Gasteiger charge is -2.52. The summed E-state index contributed by atoms with van der Waals surface area (Å²) < 4.78 is 51.3. The topological polar surface area (TPSA) is 59.1 Å². The minimum Gasteiger partial charge on any atom is -0.494 e. The van der Waals surface area contributed by atoms with Crippen molar-refractivity contribution in [2.24, 2.45) is 5.92 Å². The van der Waals surface area contributed by atoms with E-state index in [2.05, 4.69) is 4.90 Å². The molecule has 1 spiro atoms. The van der Waals surface area contributed by atoms with Gasteiger partial charge in [0.15, 0.2) is 11.6 Å². The van der Waals surface area contributed by atoms with Gasteiger partial charge in [0.1, 0.15) is 0 Å². The fourth-order valence-electron chi connectivity index (χ4n) is 3.55. The molecule has 140 valence electrons. The number of benzene rings is 1. The van der Waals surface area contributed by atoms with Crippen LogP contribution in [0.2, 0.25) is 0 Å². The Hall–Kier alpha value is -1.22. The second-order valence-corrected chi connectivity index (χ2v) is 9.17. The van der Waals surface area contributed by atoms with E-state index in [0.29, 0.717) is 25.6 Å². The summed E-state index contributed by atoms with van der Waals surface area (Å²) in [6.45, 7) is 2.29. The van der Waals surface area contributed by atoms with Gasteiger partial charge in [-0.15, -0.1) is 0 Å². The van der Waals surface area contributed by atoms with Gasteiger partial charge in [0.25, 0.3) is 0 Å². The predicted octanol–water partition coefficient (Wildman–Crippen LogP) is 1.57. The normalized spacial score (nSPS) is 23.6. The van der Waals surface area contributed by atoms with Crippen molar-refractivity contribution in [3.8, 4) is 5.75 Å². The molecule has 8 heteroatoms. The van der Waals surface area contributed by atoms with Gasteiger partial charge in [-0.25, -0.2) is 12.8 Å². The molecule has 1 atom stereocenters. The van der Waals surface area contributed by atoms with E-state index in [4.69, 9.17) is 9.47 Å². The SMILES string of the molecule is COc1ccc(S(=O)(=O)N2CC3(CCC(CN(C)C)CO3)C2)cc1F. The number of ether oxygens (including phenoxy) is 2. The summed E-state index contributed by atoms with van der Waals surface area (Å²) in [5.74, 6) is -0.164. The van der Waals surface area contributed by atoms with Crippen molar-refractivity contribution in [3.63, 3.8) is 0 Å². The number of methoxy groups -OCH3 is 1. The van der Waals surface area contributed by atoms with Gasteiger partial charge in [-0.05, 0) is 51.1 Å². The maximum atomic E-state index is 13.8. The van der Waals surface area contributed by atoms with E-state index in [1.54, 1.807) is 0 Å². The van der Waals surface area contributed by atoms with E-state index in [0.717, 1.165) is 25.5 Å². The Morgan fingerprint density at radius 1 is 1.40 bits per heavy atom. The highest BCUT2D eigenvalue weighted by Gasteiger charge is 2.51. The van der Waals surface area contributed by atoms with Crippen LogP contribution in [0.5, 0.6) is 5.75 Å². The van der Waals surface area contributed by atoms with Gasteiger partial charge in [-0.2, -0.15) is 4.31 Å². The second-order valence-electron chi connectivity index (χ2n) is 7.23. The van der Waals surface area contributed by atoms with Gasteiger partial charge in [0.05, 0.1) is 24.2 Å². The van der Waals surface area contributed by atoms with Crippen molar-refractivity contribution in [2.45, 2.75) is 23.3 Å². The van der Waals surface area contributed by atoms with E-state index in [-0.39, 0.29) is 16.2 Å². The summed E-state index contributed by atoms with van der Waals surface area (Å²) in [4.78, 5) is 2.09. The van der Waals surface area contributed by atoms with Gasteiger partial charge in [0, 0.05) is 19.6 Å². The quantitative estimate of drug-likeness (QED) is 0.785. The zero-order valence-electron chi connectivity index (χ0n) is 14.9. The number of halogens is 1. The van der Waals surface area contributed by atoms with E-state index < -0.39 is 15.8 Å². The Morgan fingerprint density at radius 2 is 2.12 bits per heavy atom. The molecule has 0 amide bonds. The second kappa shape index (κ2) is 6.83. The Morgan fingerprint density at radius 3 is 2.64 bits per heavy atom. The van der Waals surface area contributed by atoms with Gasteiger partial charge < -0.3 is 14.4 Å². The maximum Gasteiger partial charge on any atom is 0.243 e. The molecule has 1 aromatic rings. The number of nitrogens with zero attached hydrogens (tertiary/aromatic N) is 2. The predicted molar refractivity (Wildman–Crippen MR) is 91.7 cm³/mol. The lowest BCUT2D eigenvalue weighted by Crippen LogP contribution is -2.66. The molecule has 0 radical (unpaired) electrons. The van der Waals surface area contributed by atoms with E-state index in [1.165, 1.54) is 23.5 Å². The third-order valence-corrected chi connectivity index (χ3v) is 6.73. The summed E-state index contributed by atoms with van der Waals surface area (Å²) in [5, 5.41) is 0. The number of sulfonamides is 1. The monoisotopic (exact) mass is 372 g/mol. The van der Waals surface area contributed by atoms with Gasteiger partial charge in [-0.1, -0.05) is 0 Å². The van der Waals surface area contributed by atoms with Gasteiger partial charge >= 0.3 is 0 Å². The molecule has 25 heavy (non-hydrogen) atoms. The molecular weight excluding hydrogens is 347 g/mol. The van der Waals surface area contributed by atoms with Crippen molar-refractivity contribution in [1.29, 1.82) is 0 Å². The molecule has 2 heterocycles. The fourth-order valence-corrected chi connectivity index (χ4v) is 5.15. The van der Waals surface area contributed by atoms with Crippen LogP contribution in [0.3, 0.4) is 0 Å². The third-order valence-electron chi connectivity index (χ3n) is 4.95. The van der Waals surface area contributed by atoms with Crippen LogP contribution in [-0.4, -0.2) is 70.7 Å². The van der Waals surface area contributed by atoms with Crippen molar-refractivity contribution in [2.75, 3.05) is 47.4 Å². The molecule has 3 rings (SSSR count). The molecule has 0 N–H and O–H groups in total. The van der Waals surface area contributed by atoms with E-state index in [1.807, 2.05) is 14.1 Å². The largest absolute Gasteiger partial charge is 0.494 e. The lowest BCUT2D eigenvalue weighted by atomic mass is 9.84. The molecule has 0 aliphatic carbocycles. The fraction of sp³-hybridized carbons (Fsp3) is 0.647. The minimum atomic E-state index is -3.71. The summed E-state index contributed by atoms with van der Waals surface area (Å²) in [6.07, 6.45) is 1.89. The summed E-state index contributed by atoms with van der Waals surface area (Å²) >= 11 is 0. The zero-order chi connectivity index (χ0) is 18.2. The van der Waals surface area contributed by atoms with Crippen molar-refractivity contribution in [3.05, 3.63) is 24.0 Å². The molecule has 1 aromatic carbocycles. The highest BCUT2D eigenvalue weighted by Crippen LogP contribution is 2.39. The van der Waals surface area contributed by atoms with Crippen LogP contribution in [0.1, 0.15) is 12.8 Å². The first kappa shape index (κ1) is 18.6. The molecule has 0 aromatic heterocycles. The lowest BCUT2D eigenvalue weighted by molar-refractivity contribution is -0.158. The van der Waals surface area contributed by atoms with Crippen molar-refractivity contribution < 1.29 is 22.3 Å². The molecule has 6 nitrogen and oxygen atoms in total. The summed E-state index contributed by atoms with van der Waals surface area (Å²) in [7, 11) is 1.71. The average molecular weight is 372 g/mol. The molecular formula is C17H25FN2O4S. The zero-order valence-corrected chi connectivity index (χ0v) is 15.7. The first-order valence-corrected chi connectivity index (χ1v) is 9.82. The Kier molecular flexibility index (Phi) is 5.07. The van der Waals surface area contributed by atoms with Crippen LogP contribution in [0.25, 0.3) is 0 Å². The third kappa shape index (κ3) is 3.67. The minimum absolute atomic E-state index is 0.0292. The first-order chi connectivity index (χ1) is 11.8. The van der Waals surface area contributed by atoms with Crippen LogP contribution < -0.4 is 4.74 Å². The molecule has 2 saturated heterocycles. The van der Waals surface area contributed by atoms with Gasteiger partial charge in [-0.3, -0.25) is 0 Å². The van der Waals surface area contributed by atoms with Crippen LogP contribution in [0, 0.1) is 11.7 Å². The molecule has 2 aliphatic heterocycles. The van der Waals surface area contributed by atoms with Crippen LogP contribution >= 0.6 is 0 Å². The summed E-state index contributed by atoms with van der Waals surface area (Å²) in [5.41, 5.74) is -0.374. The first-order valence-electron chi connectivity index (χ1n) is 8.38. The highest BCUT2D eigenvalue weighted by atomic mass is 32.2. The van der Waals surface area contributed by atoms with Crippen molar-refractivity contribution >= 4 is 10.0 Å². The number of rotatable bonds is 5. The molecule has 2 fully saturated rings. The van der Waals surface area contributed by atoms with E-state index in [9.17, 15) is 12.8 Å². The van der Waals surface area contributed by atoms with Crippen molar-refractivity contribution in [1.82, 2.24) is 9.21 Å². The standard InChI is InChI=1S/C17H25FN2O4S/c1-19(2)9-13-6-7-17(24-10-13)11-20(12-17)25(21,22)14-4-5-16(23-3)15(18)8-14/h4-5,8,13H,6-7,9-12H2,1-3H3. The molecule has 0 bridgehead atoms. The Bertz CT molecular complexity index is 722.